The summed E-state index contributed by atoms with van der Waals surface area (Å²) >= 11 is 0. The Morgan fingerprint density at radius 2 is 1.87 bits per heavy atom. The van der Waals surface area contributed by atoms with Crippen molar-refractivity contribution in [2.75, 3.05) is 27.7 Å². The van der Waals surface area contributed by atoms with Gasteiger partial charge in [-0.3, -0.25) is 4.79 Å². The molecular weight excluding hydrogens is 188 g/mol. The predicted octanol–water partition coefficient (Wildman–Crippen LogP) is 1.15. The first-order valence-corrected chi connectivity index (χ1v) is 5.05. The van der Waals surface area contributed by atoms with Crippen molar-refractivity contribution < 1.29 is 4.79 Å². The Kier molecular flexibility index (Phi) is 4.46. The molecule has 0 radical (unpaired) electrons. The van der Waals surface area contributed by atoms with Crippen molar-refractivity contribution in [2.45, 2.75) is 6.54 Å². The normalized spacial score (nSPS) is 10.7. The van der Waals surface area contributed by atoms with Gasteiger partial charge in [0.25, 0.3) is 0 Å². The van der Waals surface area contributed by atoms with Gasteiger partial charge in [0.15, 0.2) is 5.78 Å². The Labute approximate surface area is 91.1 Å². The molecule has 0 aliphatic heterocycles. The lowest BCUT2D eigenvalue weighted by Crippen LogP contribution is -2.18. The van der Waals surface area contributed by atoms with E-state index < -0.39 is 0 Å². The highest BCUT2D eigenvalue weighted by atomic mass is 16.1. The molecule has 0 unspecified atom stereocenters. The van der Waals surface area contributed by atoms with E-state index in [9.17, 15) is 4.79 Å². The summed E-state index contributed by atoms with van der Waals surface area (Å²) in [5.41, 5.74) is 1.99. The molecule has 3 nitrogen and oxygen atoms in total. The molecule has 0 aromatic heterocycles. The number of rotatable bonds is 5. The lowest BCUT2D eigenvalue weighted by atomic mass is 10.1. The Balaban J connectivity index is 2.67. The summed E-state index contributed by atoms with van der Waals surface area (Å²) in [5, 5.41) is 2.86. The van der Waals surface area contributed by atoms with Crippen LogP contribution in [-0.2, 0) is 6.54 Å². The number of nitrogens with one attached hydrogen (secondary N) is 1. The fraction of sp³-hybridized carbons (Fsp3) is 0.417. The second-order valence-corrected chi connectivity index (χ2v) is 3.89. The van der Waals surface area contributed by atoms with Crippen LogP contribution in [0.15, 0.2) is 24.3 Å². The van der Waals surface area contributed by atoms with E-state index in [0.717, 1.165) is 12.1 Å². The van der Waals surface area contributed by atoms with Crippen LogP contribution in [0.3, 0.4) is 0 Å². The summed E-state index contributed by atoms with van der Waals surface area (Å²) in [6.07, 6.45) is 0. The van der Waals surface area contributed by atoms with Crippen LogP contribution in [0.1, 0.15) is 15.9 Å². The zero-order valence-electron chi connectivity index (χ0n) is 9.58. The molecule has 0 bridgehead atoms. The molecule has 1 N–H and O–H groups in total. The average molecular weight is 206 g/mol. The molecule has 3 heteroatoms. The summed E-state index contributed by atoms with van der Waals surface area (Å²) in [6, 6.07) is 7.78. The highest BCUT2D eigenvalue weighted by Gasteiger charge is 2.03. The van der Waals surface area contributed by atoms with Crippen LogP contribution < -0.4 is 5.32 Å². The fourth-order valence-electron chi connectivity index (χ4n) is 1.42. The number of ketones is 1. The van der Waals surface area contributed by atoms with Crippen molar-refractivity contribution in [3.05, 3.63) is 35.4 Å². The van der Waals surface area contributed by atoms with Gasteiger partial charge in [-0.15, -0.1) is 0 Å². The molecule has 0 heterocycles. The van der Waals surface area contributed by atoms with E-state index in [1.54, 1.807) is 7.05 Å². The number of carbonyl (C=O) groups is 1. The lowest BCUT2D eigenvalue weighted by molar-refractivity contribution is 0.0993. The third-order valence-electron chi connectivity index (χ3n) is 2.11. The number of hydrogen-bond acceptors (Lipinski definition) is 3. The minimum Gasteiger partial charge on any atom is -0.313 e. The number of hydrogen-bond donors (Lipinski definition) is 1. The molecule has 0 aliphatic rings. The van der Waals surface area contributed by atoms with Crippen molar-refractivity contribution in [1.29, 1.82) is 0 Å². The van der Waals surface area contributed by atoms with Gasteiger partial charge in [0, 0.05) is 12.1 Å². The molecule has 1 aromatic rings. The van der Waals surface area contributed by atoms with Gasteiger partial charge in [-0.2, -0.15) is 0 Å². The van der Waals surface area contributed by atoms with E-state index >= 15 is 0 Å². The van der Waals surface area contributed by atoms with Crippen molar-refractivity contribution in [2.24, 2.45) is 0 Å². The molecule has 82 valence electrons. The minimum absolute atomic E-state index is 0.133. The third-order valence-corrected chi connectivity index (χ3v) is 2.11. The maximum atomic E-state index is 11.5. The quantitative estimate of drug-likeness (QED) is 0.733. The Bertz CT molecular complexity index is 317. The van der Waals surface area contributed by atoms with Crippen molar-refractivity contribution in [3.8, 4) is 0 Å². The molecule has 0 saturated heterocycles. The average Bonchev–Trinajstić information content (AvgIpc) is 2.18. The highest BCUT2D eigenvalue weighted by molar-refractivity contribution is 5.97. The van der Waals surface area contributed by atoms with E-state index in [-0.39, 0.29) is 5.78 Å². The lowest BCUT2D eigenvalue weighted by Gasteiger charge is -2.09. The minimum atomic E-state index is 0.133. The summed E-state index contributed by atoms with van der Waals surface area (Å²) < 4.78 is 0. The second-order valence-electron chi connectivity index (χ2n) is 3.89. The van der Waals surface area contributed by atoms with Crippen molar-refractivity contribution in [1.82, 2.24) is 10.2 Å². The number of carbonyl (C=O) groups excluding carboxylic acids is 1. The van der Waals surface area contributed by atoms with Crippen LogP contribution >= 0.6 is 0 Å². The van der Waals surface area contributed by atoms with E-state index in [1.165, 1.54) is 5.56 Å². The van der Waals surface area contributed by atoms with Gasteiger partial charge in [-0.1, -0.05) is 24.3 Å². The second kappa shape index (κ2) is 5.63. The van der Waals surface area contributed by atoms with Gasteiger partial charge in [0.1, 0.15) is 0 Å². The molecule has 15 heavy (non-hydrogen) atoms. The first-order chi connectivity index (χ1) is 7.13. The number of Topliss-reactive ketones (excluding diaryl/α,β-unsaturated/α-hetero) is 1. The summed E-state index contributed by atoms with van der Waals surface area (Å²) in [5.74, 6) is 0.133. The van der Waals surface area contributed by atoms with Crippen LogP contribution in [0.4, 0.5) is 0 Å². The monoisotopic (exact) mass is 206 g/mol. The van der Waals surface area contributed by atoms with Crippen LogP contribution in [-0.4, -0.2) is 38.4 Å². The maximum Gasteiger partial charge on any atom is 0.176 e. The molecule has 0 saturated carbocycles. The van der Waals surface area contributed by atoms with Crippen molar-refractivity contribution >= 4 is 5.78 Å². The summed E-state index contributed by atoms with van der Waals surface area (Å²) in [6.45, 7) is 1.30. The topological polar surface area (TPSA) is 32.3 Å². The van der Waals surface area contributed by atoms with Gasteiger partial charge in [-0.25, -0.2) is 0 Å². The molecule has 0 aliphatic carbocycles. The Hall–Kier alpha value is -1.19. The fourth-order valence-corrected chi connectivity index (χ4v) is 1.42. The maximum absolute atomic E-state index is 11.5. The van der Waals surface area contributed by atoms with Crippen molar-refractivity contribution in [3.63, 3.8) is 0 Å². The molecule has 1 aromatic carbocycles. The number of nitrogens with zero attached hydrogens (tertiary/aromatic N) is 1. The van der Waals surface area contributed by atoms with E-state index in [0.29, 0.717) is 6.54 Å². The standard InChI is InChI=1S/C12H18N2O/c1-13-8-12(15)11-6-4-10(5-7-11)9-14(2)3/h4-7,13H,8-9H2,1-3H3. The third kappa shape index (κ3) is 3.81. The van der Waals surface area contributed by atoms with Gasteiger partial charge in [0.05, 0.1) is 6.54 Å². The molecule has 0 fully saturated rings. The van der Waals surface area contributed by atoms with Crippen LogP contribution in [0, 0.1) is 0 Å². The molecule has 0 spiro atoms. The summed E-state index contributed by atoms with van der Waals surface area (Å²) in [4.78, 5) is 13.6. The van der Waals surface area contributed by atoms with Crippen LogP contribution in [0.2, 0.25) is 0 Å². The van der Waals surface area contributed by atoms with Gasteiger partial charge in [0.2, 0.25) is 0 Å². The zero-order valence-corrected chi connectivity index (χ0v) is 9.58. The largest absolute Gasteiger partial charge is 0.313 e. The highest BCUT2D eigenvalue weighted by Crippen LogP contribution is 2.06. The Morgan fingerprint density at radius 3 is 2.33 bits per heavy atom. The van der Waals surface area contributed by atoms with Crippen LogP contribution in [0.5, 0.6) is 0 Å². The number of benzene rings is 1. The first-order valence-electron chi connectivity index (χ1n) is 5.05. The number of likely N-dealkylation sites (N-methyl/N-ethyl adjacent to an activating group) is 1. The SMILES string of the molecule is CNCC(=O)c1ccc(CN(C)C)cc1. The zero-order chi connectivity index (χ0) is 11.3. The van der Waals surface area contributed by atoms with E-state index in [2.05, 4.69) is 10.2 Å². The van der Waals surface area contributed by atoms with Gasteiger partial charge < -0.3 is 10.2 Å². The van der Waals surface area contributed by atoms with Crippen LogP contribution in [0.25, 0.3) is 0 Å². The van der Waals surface area contributed by atoms with E-state index in [1.807, 2.05) is 38.4 Å². The predicted molar refractivity (Wildman–Crippen MR) is 62.1 cm³/mol. The molecule has 1 rings (SSSR count). The van der Waals surface area contributed by atoms with Gasteiger partial charge >= 0.3 is 0 Å². The summed E-state index contributed by atoms with van der Waals surface area (Å²) in [7, 11) is 5.83. The molecular formula is C12H18N2O. The first kappa shape index (κ1) is 11.9. The Morgan fingerprint density at radius 1 is 1.27 bits per heavy atom. The molecule has 0 atom stereocenters. The smallest absolute Gasteiger partial charge is 0.176 e. The van der Waals surface area contributed by atoms with E-state index in [4.69, 9.17) is 0 Å². The van der Waals surface area contributed by atoms with Gasteiger partial charge in [-0.05, 0) is 26.7 Å². The molecule has 0 amide bonds.